The first-order valence-corrected chi connectivity index (χ1v) is 11.5. The molecule has 1 aliphatic heterocycles. The second-order valence-corrected chi connectivity index (χ2v) is 8.99. The standard InChI is InChI=1S/C21H26N2O6S/c1-16(20(24)23-11-4-2-3-5-12-23)29-21(25)17-8-6-10-19(14-17)30(26,27)22-15-18-9-7-13-28-18/h6-10,13-14,16,22H,2-5,11-12,15H2,1H3. The summed E-state index contributed by atoms with van der Waals surface area (Å²) in [5.41, 5.74) is 0.0615. The molecule has 0 saturated carbocycles. The Morgan fingerprint density at radius 3 is 2.53 bits per heavy atom. The van der Waals surface area contributed by atoms with E-state index >= 15 is 0 Å². The lowest BCUT2D eigenvalue weighted by atomic mass is 10.2. The Hall–Kier alpha value is -2.65. The van der Waals surface area contributed by atoms with Crippen molar-refractivity contribution in [1.29, 1.82) is 0 Å². The summed E-state index contributed by atoms with van der Waals surface area (Å²) in [6.07, 6.45) is 4.58. The van der Waals surface area contributed by atoms with Gasteiger partial charge in [0.05, 0.1) is 23.3 Å². The summed E-state index contributed by atoms with van der Waals surface area (Å²) < 4.78 is 37.9. The van der Waals surface area contributed by atoms with Gasteiger partial charge in [-0.15, -0.1) is 0 Å². The average molecular weight is 435 g/mol. The zero-order valence-corrected chi connectivity index (χ0v) is 17.7. The minimum absolute atomic E-state index is 0.00855. The van der Waals surface area contributed by atoms with E-state index < -0.39 is 22.1 Å². The van der Waals surface area contributed by atoms with Gasteiger partial charge in [0.25, 0.3) is 5.91 Å². The van der Waals surface area contributed by atoms with E-state index in [1.807, 2.05) is 0 Å². The van der Waals surface area contributed by atoms with Crippen molar-refractivity contribution in [3.05, 3.63) is 54.0 Å². The summed E-state index contributed by atoms with van der Waals surface area (Å²) in [5.74, 6) is -0.502. The highest BCUT2D eigenvalue weighted by Gasteiger charge is 2.25. The van der Waals surface area contributed by atoms with Gasteiger partial charge in [0, 0.05) is 13.1 Å². The van der Waals surface area contributed by atoms with E-state index in [-0.39, 0.29) is 22.9 Å². The summed E-state index contributed by atoms with van der Waals surface area (Å²) in [4.78, 5) is 26.7. The third kappa shape index (κ3) is 5.70. The number of furan rings is 1. The molecule has 1 saturated heterocycles. The largest absolute Gasteiger partial charge is 0.468 e. The Morgan fingerprint density at radius 1 is 1.13 bits per heavy atom. The summed E-state index contributed by atoms with van der Waals surface area (Å²) in [7, 11) is -3.85. The van der Waals surface area contributed by atoms with Crippen LogP contribution >= 0.6 is 0 Å². The topological polar surface area (TPSA) is 106 Å². The number of likely N-dealkylation sites (tertiary alicyclic amines) is 1. The van der Waals surface area contributed by atoms with Crippen LogP contribution in [0.15, 0.2) is 52.0 Å². The second kappa shape index (κ2) is 9.90. The van der Waals surface area contributed by atoms with E-state index in [0.717, 1.165) is 25.7 Å². The van der Waals surface area contributed by atoms with Gasteiger partial charge in [-0.05, 0) is 50.1 Å². The molecule has 3 rings (SSSR count). The quantitative estimate of drug-likeness (QED) is 0.672. The number of rotatable bonds is 7. The Labute approximate surface area is 176 Å². The van der Waals surface area contributed by atoms with Crippen molar-refractivity contribution in [2.24, 2.45) is 0 Å². The zero-order chi connectivity index (χ0) is 21.6. The molecular formula is C21H26N2O6S. The molecule has 30 heavy (non-hydrogen) atoms. The highest BCUT2D eigenvalue weighted by molar-refractivity contribution is 7.89. The first-order chi connectivity index (χ1) is 14.4. The van der Waals surface area contributed by atoms with Gasteiger partial charge >= 0.3 is 5.97 Å². The fourth-order valence-corrected chi connectivity index (χ4v) is 4.32. The van der Waals surface area contributed by atoms with Crippen LogP contribution < -0.4 is 4.72 Å². The van der Waals surface area contributed by atoms with E-state index in [1.54, 1.807) is 17.0 Å². The van der Waals surface area contributed by atoms with Gasteiger partial charge in [-0.3, -0.25) is 4.79 Å². The lowest BCUT2D eigenvalue weighted by Gasteiger charge is -2.24. The lowest BCUT2D eigenvalue weighted by molar-refractivity contribution is -0.139. The molecular weight excluding hydrogens is 408 g/mol. The fourth-order valence-electron chi connectivity index (χ4n) is 3.28. The SMILES string of the molecule is CC(OC(=O)c1cccc(S(=O)(=O)NCc2ccco2)c1)C(=O)N1CCCCCC1. The lowest BCUT2D eigenvalue weighted by Crippen LogP contribution is -2.40. The molecule has 1 N–H and O–H groups in total. The van der Waals surface area contributed by atoms with Crippen LogP contribution in [-0.2, 0) is 26.1 Å². The van der Waals surface area contributed by atoms with Crippen molar-refractivity contribution >= 4 is 21.9 Å². The third-order valence-electron chi connectivity index (χ3n) is 4.95. The van der Waals surface area contributed by atoms with Gasteiger partial charge in [-0.1, -0.05) is 18.9 Å². The normalized spacial score (nSPS) is 16.0. The van der Waals surface area contributed by atoms with Crippen LogP contribution in [0.1, 0.15) is 48.7 Å². The number of nitrogens with one attached hydrogen (secondary N) is 1. The molecule has 1 aliphatic rings. The predicted molar refractivity (Wildman–Crippen MR) is 109 cm³/mol. The fraction of sp³-hybridized carbons (Fsp3) is 0.429. The molecule has 8 nitrogen and oxygen atoms in total. The minimum Gasteiger partial charge on any atom is -0.468 e. The third-order valence-corrected chi connectivity index (χ3v) is 6.34. The molecule has 1 fully saturated rings. The Bertz CT molecular complexity index is 963. The summed E-state index contributed by atoms with van der Waals surface area (Å²) >= 11 is 0. The minimum atomic E-state index is -3.85. The molecule has 0 aliphatic carbocycles. The van der Waals surface area contributed by atoms with Crippen molar-refractivity contribution in [2.45, 2.75) is 50.2 Å². The molecule has 1 unspecified atom stereocenters. The van der Waals surface area contributed by atoms with Gasteiger partial charge < -0.3 is 14.1 Å². The molecule has 0 bridgehead atoms. The van der Waals surface area contributed by atoms with E-state index in [2.05, 4.69) is 4.72 Å². The van der Waals surface area contributed by atoms with Gasteiger partial charge in [-0.2, -0.15) is 0 Å². The first kappa shape index (κ1) is 22.0. The van der Waals surface area contributed by atoms with Crippen LogP contribution in [0.5, 0.6) is 0 Å². The maximum atomic E-state index is 12.6. The van der Waals surface area contributed by atoms with Crippen LogP contribution in [0.2, 0.25) is 0 Å². The summed E-state index contributed by atoms with van der Waals surface area (Å²) in [6.45, 7) is 2.85. The first-order valence-electron chi connectivity index (χ1n) is 9.99. The van der Waals surface area contributed by atoms with Crippen molar-refractivity contribution in [3.63, 3.8) is 0 Å². The average Bonchev–Trinajstić information content (AvgIpc) is 3.12. The molecule has 9 heteroatoms. The van der Waals surface area contributed by atoms with Crippen molar-refractivity contribution in [2.75, 3.05) is 13.1 Å². The van der Waals surface area contributed by atoms with Gasteiger partial charge in [0.15, 0.2) is 6.10 Å². The highest BCUT2D eigenvalue weighted by Crippen LogP contribution is 2.16. The van der Waals surface area contributed by atoms with E-state index in [1.165, 1.54) is 37.5 Å². The van der Waals surface area contributed by atoms with E-state index in [4.69, 9.17) is 9.15 Å². The molecule has 1 aromatic carbocycles. The number of hydrogen-bond acceptors (Lipinski definition) is 6. The number of hydrogen-bond donors (Lipinski definition) is 1. The smallest absolute Gasteiger partial charge is 0.338 e. The van der Waals surface area contributed by atoms with Gasteiger partial charge in [-0.25, -0.2) is 17.9 Å². The van der Waals surface area contributed by atoms with Crippen molar-refractivity contribution in [1.82, 2.24) is 9.62 Å². The molecule has 1 atom stereocenters. The predicted octanol–water partition coefficient (Wildman–Crippen LogP) is 2.71. The summed E-state index contributed by atoms with van der Waals surface area (Å²) in [6, 6.07) is 8.84. The Morgan fingerprint density at radius 2 is 1.87 bits per heavy atom. The van der Waals surface area contributed by atoms with Crippen LogP contribution in [0, 0.1) is 0 Å². The summed E-state index contributed by atoms with van der Waals surface area (Å²) in [5, 5.41) is 0. The Kier molecular flexibility index (Phi) is 7.28. The number of esters is 1. The van der Waals surface area contributed by atoms with E-state index in [9.17, 15) is 18.0 Å². The molecule has 1 aromatic heterocycles. The van der Waals surface area contributed by atoms with Crippen LogP contribution in [-0.4, -0.2) is 44.4 Å². The van der Waals surface area contributed by atoms with Crippen molar-refractivity contribution in [3.8, 4) is 0 Å². The highest BCUT2D eigenvalue weighted by atomic mass is 32.2. The number of benzene rings is 1. The molecule has 1 amide bonds. The maximum absolute atomic E-state index is 12.6. The van der Waals surface area contributed by atoms with Crippen LogP contribution in [0.25, 0.3) is 0 Å². The molecule has 162 valence electrons. The number of carbonyl (C=O) groups is 2. The molecule has 2 heterocycles. The molecule has 2 aromatic rings. The Balaban J connectivity index is 1.64. The van der Waals surface area contributed by atoms with E-state index in [0.29, 0.717) is 18.8 Å². The van der Waals surface area contributed by atoms with Crippen LogP contribution in [0.3, 0.4) is 0 Å². The number of nitrogens with zero attached hydrogens (tertiary/aromatic N) is 1. The number of carbonyl (C=O) groups excluding carboxylic acids is 2. The monoisotopic (exact) mass is 434 g/mol. The zero-order valence-electron chi connectivity index (χ0n) is 16.9. The maximum Gasteiger partial charge on any atom is 0.338 e. The second-order valence-electron chi connectivity index (χ2n) is 7.22. The molecule has 0 radical (unpaired) electrons. The number of sulfonamides is 1. The van der Waals surface area contributed by atoms with Gasteiger partial charge in [0.1, 0.15) is 5.76 Å². The van der Waals surface area contributed by atoms with Crippen molar-refractivity contribution < 1.29 is 27.2 Å². The number of ether oxygens (including phenoxy) is 1. The number of amides is 1. The molecule has 0 spiro atoms. The van der Waals surface area contributed by atoms with Crippen LogP contribution in [0.4, 0.5) is 0 Å². The van der Waals surface area contributed by atoms with Gasteiger partial charge in [0.2, 0.25) is 10.0 Å².